The van der Waals surface area contributed by atoms with Crippen LogP contribution < -0.4 is 15.5 Å². The lowest BCUT2D eigenvalue weighted by atomic mass is 10.1. The summed E-state index contributed by atoms with van der Waals surface area (Å²) in [5.41, 5.74) is 5.81. The highest BCUT2D eigenvalue weighted by Crippen LogP contribution is 2.24. The number of hydrogen-bond acceptors (Lipinski definition) is 6. The second-order valence-electron chi connectivity index (χ2n) is 5.29. The molecular formula is C13H24N6. The quantitative estimate of drug-likeness (QED) is 0.895. The minimum Gasteiger partial charge on any atom is -0.368 e. The van der Waals surface area contributed by atoms with Crippen molar-refractivity contribution < 1.29 is 0 Å². The number of nitrogens with zero attached hydrogens (tertiary/aromatic N) is 5. The fourth-order valence-corrected chi connectivity index (χ4v) is 2.56. The number of anilines is 3. The van der Waals surface area contributed by atoms with Gasteiger partial charge in [-0.2, -0.15) is 15.0 Å². The minimum absolute atomic E-state index is 0.299. The van der Waals surface area contributed by atoms with Gasteiger partial charge in [0.05, 0.1) is 0 Å². The predicted molar refractivity (Wildman–Crippen MR) is 78.5 cm³/mol. The van der Waals surface area contributed by atoms with Gasteiger partial charge in [-0.15, -0.1) is 0 Å². The van der Waals surface area contributed by atoms with E-state index in [1.165, 1.54) is 25.7 Å². The van der Waals surface area contributed by atoms with Crippen molar-refractivity contribution in [2.75, 3.05) is 36.2 Å². The molecule has 0 spiro atoms. The van der Waals surface area contributed by atoms with Gasteiger partial charge >= 0.3 is 0 Å². The van der Waals surface area contributed by atoms with Crippen molar-refractivity contribution in [1.82, 2.24) is 15.0 Å². The minimum atomic E-state index is 0.299. The Hall–Kier alpha value is -1.59. The maximum atomic E-state index is 5.81. The summed E-state index contributed by atoms with van der Waals surface area (Å²) < 4.78 is 0. The van der Waals surface area contributed by atoms with Crippen LogP contribution in [-0.2, 0) is 0 Å². The molecule has 2 heterocycles. The van der Waals surface area contributed by atoms with Crippen LogP contribution in [0.3, 0.4) is 0 Å². The zero-order valence-corrected chi connectivity index (χ0v) is 12.1. The highest BCUT2D eigenvalue weighted by atomic mass is 15.3. The largest absolute Gasteiger partial charge is 0.368 e. The molecule has 0 amide bonds. The molecule has 0 aliphatic carbocycles. The van der Waals surface area contributed by atoms with Crippen LogP contribution in [0, 0.1) is 0 Å². The van der Waals surface area contributed by atoms with Crippen molar-refractivity contribution in [3.63, 3.8) is 0 Å². The average molecular weight is 264 g/mol. The van der Waals surface area contributed by atoms with E-state index in [-0.39, 0.29) is 0 Å². The first kappa shape index (κ1) is 13.8. The predicted octanol–water partition coefficient (Wildman–Crippen LogP) is 1.68. The molecule has 1 aromatic rings. The number of aromatic nitrogens is 3. The molecule has 0 bridgehead atoms. The Labute approximate surface area is 115 Å². The van der Waals surface area contributed by atoms with Crippen molar-refractivity contribution in [1.29, 1.82) is 0 Å². The Morgan fingerprint density at radius 3 is 2.68 bits per heavy atom. The lowest BCUT2D eigenvalue weighted by Crippen LogP contribution is -2.36. The van der Waals surface area contributed by atoms with Crippen LogP contribution in [0.2, 0.25) is 0 Å². The molecule has 1 fully saturated rings. The van der Waals surface area contributed by atoms with Gasteiger partial charge in [-0.3, -0.25) is 0 Å². The molecule has 6 nitrogen and oxygen atoms in total. The molecule has 0 radical (unpaired) electrons. The van der Waals surface area contributed by atoms with Gasteiger partial charge in [0.1, 0.15) is 0 Å². The Morgan fingerprint density at radius 1 is 1.21 bits per heavy atom. The molecule has 1 saturated heterocycles. The maximum Gasteiger partial charge on any atom is 0.232 e. The van der Waals surface area contributed by atoms with E-state index in [1.54, 1.807) is 0 Å². The highest BCUT2D eigenvalue weighted by molar-refractivity contribution is 5.43. The molecule has 6 heteroatoms. The van der Waals surface area contributed by atoms with Gasteiger partial charge in [-0.05, 0) is 19.3 Å². The Bertz CT molecular complexity index is 420. The summed E-state index contributed by atoms with van der Waals surface area (Å²) in [6, 6.07) is 0.513. The summed E-state index contributed by atoms with van der Waals surface area (Å²) in [7, 11) is 3.83. The Balaban J connectivity index is 2.32. The van der Waals surface area contributed by atoms with Gasteiger partial charge in [-0.25, -0.2) is 0 Å². The topological polar surface area (TPSA) is 71.2 Å². The number of rotatable bonds is 3. The van der Waals surface area contributed by atoms with Crippen LogP contribution in [0.15, 0.2) is 0 Å². The first-order chi connectivity index (χ1) is 9.11. The third-order valence-electron chi connectivity index (χ3n) is 3.63. The third-order valence-corrected chi connectivity index (χ3v) is 3.63. The molecule has 1 atom stereocenters. The van der Waals surface area contributed by atoms with Gasteiger partial charge in [-0.1, -0.05) is 19.8 Å². The summed E-state index contributed by atoms with van der Waals surface area (Å²) in [4.78, 5) is 17.2. The molecule has 1 aliphatic rings. The second-order valence-corrected chi connectivity index (χ2v) is 5.29. The molecule has 1 unspecified atom stereocenters. The lowest BCUT2D eigenvalue weighted by molar-refractivity contribution is 0.547. The molecule has 0 saturated carbocycles. The van der Waals surface area contributed by atoms with Crippen LogP contribution in [0.1, 0.15) is 39.0 Å². The van der Waals surface area contributed by atoms with E-state index in [0.717, 1.165) is 18.9 Å². The number of nitrogen functional groups attached to an aromatic ring is 1. The van der Waals surface area contributed by atoms with Crippen LogP contribution >= 0.6 is 0 Å². The van der Waals surface area contributed by atoms with Crippen LogP contribution in [0.5, 0.6) is 0 Å². The van der Waals surface area contributed by atoms with Crippen LogP contribution in [0.4, 0.5) is 17.8 Å². The standard InChI is InChI=1S/C13H24N6/c1-4-10-8-6-5-7-9-19(10)13-16-11(14)15-12(17-13)18(2)3/h10H,4-9H2,1-3H3,(H2,14,15,16,17). The summed E-state index contributed by atoms with van der Waals surface area (Å²) >= 11 is 0. The molecule has 1 aromatic heterocycles. The summed E-state index contributed by atoms with van der Waals surface area (Å²) in [6.45, 7) is 3.23. The maximum absolute atomic E-state index is 5.81. The summed E-state index contributed by atoms with van der Waals surface area (Å²) in [5, 5.41) is 0. The highest BCUT2D eigenvalue weighted by Gasteiger charge is 2.23. The van der Waals surface area contributed by atoms with E-state index >= 15 is 0 Å². The number of nitrogens with two attached hydrogens (primary N) is 1. The smallest absolute Gasteiger partial charge is 0.232 e. The van der Waals surface area contributed by atoms with Crippen molar-refractivity contribution in [2.45, 2.75) is 45.1 Å². The van der Waals surface area contributed by atoms with Crippen molar-refractivity contribution in [2.24, 2.45) is 0 Å². The Kier molecular flexibility index (Phi) is 4.39. The second kappa shape index (κ2) is 6.04. The van der Waals surface area contributed by atoms with Gasteiger partial charge in [0.25, 0.3) is 0 Å². The van der Waals surface area contributed by atoms with E-state index in [9.17, 15) is 0 Å². The van der Waals surface area contributed by atoms with E-state index in [4.69, 9.17) is 5.73 Å². The van der Waals surface area contributed by atoms with Gasteiger partial charge < -0.3 is 15.5 Å². The first-order valence-corrected chi connectivity index (χ1v) is 7.07. The molecule has 0 aromatic carbocycles. The fraction of sp³-hybridized carbons (Fsp3) is 0.769. The zero-order valence-electron chi connectivity index (χ0n) is 12.1. The van der Waals surface area contributed by atoms with E-state index < -0.39 is 0 Å². The third kappa shape index (κ3) is 3.24. The van der Waals surface area contributed by atoms with Crippen molar-refractivity contribution >= 4 is 17.8 Å². The van der Waals surface area contributed by atoms with Gasteiger partial charge in [0, 0.05) is 26.7 Å². The van der Waals surface area contributed by atoms with Gasteiger partial charge in [0.2, 0.25) is 17.8 Å². The number of hydrogen-bond donors (Lipinski definition) is 1. The SMILES string of the molecule is CCC1CCCCCN1c1nc(N)nc(N(C)C)n1. The summed E-state index contributed by atoms with van der Waals surface area (Å²) in [6.07, 6.45) is 6.09. The molecule has 2 N–H and O–H groups in total. The van der Waals surface area contributed by atoms with E-state index in [2.05, 4.69) is 26.8 Å². The molecule has 2 rings (SSSR count). The molecular weight excluding hydrogens is 240 g/mol. The van der Waals surface area contributed by atoms with Crippen LogP contribution in [0.25, 0.3) is 0 Å². The Morgan fingerprint density at radius 2 is 2.00 bits per heavy atom. The lowest BCUT2D eigenvalue weighted by Gasteiger charge is -2.29. The van der Waals surface area contributed by atoms with Crippen LogP contribution in [-0.4, -0.2) is 41.6 Å². The van der Waals surface area contributed by atoms with E-state index in [0.29, 0.717) is 17.9 Å². The first-order valence-electron chi connectivity index (χ1n) is 7.07. The van der Waals surface area contributed by atoms with Gasteiger partial charge in [0.15, 0.2) is 0 Å². The fourth-order valence-electron chi connectivity index (χ4n) is 2.56. The average Bonchev–Trinajstić information content (AvgIpc) is 2.62. The molecule has 1 aliphatic heterocycles. The zero-order chi connectivity index (χ0) is 13.8. The monoisotopic (exact) mass is 264 g/mol. The molecule has 19 heavy (non-hydrogen) atoms. The van der Waals surface area contributed by atoms with Crippen molar-refractivity contribution in [3.05, 3.63) is 0 Å². The molecule has 106 valence electrons. The summed E-state index contributed by atoms with van der Waals surface area (Å²) in [5.74, 6) is 1.65. The van der Waals surface area contributed by atoms with Crippen molar-refractivity contribution in [3.8, 4) is 0 Å². The normalized spacial score (nSPS) is 20.2. The van der Waals surface area contributed by atoms with E-state index in [1.807, 2.05) is 19.0 Å².